The second-order valence-corrected chi connectivity index (χ2v) is 6.58. The Morgan fingerprint density at radius 3 is 2.52 bits per heavy atom. The van der Waals surface area contributed by atoms with Crippen molar-refractivity contribution in [3.63, 3.8) is 0 Å². The summed E-state index contributed by atoms with van der Waals surface area (Å²) >= 11 is 0. The molecule has 1 saturated heterocycles. The van der Waals surface area contributed by atoms with E-state index in [2.05, 4.69) is 34.6 Å². The third-order valence-electron chi connectivity index (χ3n) is 4.91. The van der Waals surface area contributed by atoms with Crippen LogP contribution in [-0.2, 0) is 4.74 Å². The molecule has 8 heteroatoms. The number of benzene rings is 1. The Morgan fingerprint density at radius 1 is 1.26 bits per heavy atom. The summed E-state index contributed by atoms with van der Waals surface area (Å²) < 4.78 is 16.5. The van der Waals surface area contributed by atoms with Gasteiger partial charge in [-0.1, -0.05) is 0 Å². The maximum Gasteiger partial charge on any atom is 0.195 e. The Kier molecular flexibility index (Phi) is 10.2. The van der Waals surface area contributed by atoms with Crippen molar-refractivity contribution in [3.8, 4) is 11.5 Å². The second-order valence-electron chi connectivity index (χ2n) is 6.58. The molecule has 0 atom stereocenters. The van der Waals surface area contributed by atoms with Gasteiger partial charge in [-0.15, -0.1) is 24.0 Å². The van der Waals surface area contributed by atoms with Crippen LogP contribution in [0.2, 0.25) is 0 Å². The van der Waals surface area contributed by atoms with Crippen molar-refractivity contribution in [3.05, 3.63) is 18.2 Å². The molecule has 1 aromatic rings. The number of guanidine groups is 1. The summed E-state index contributed by atoms with van der Waals surface area (Å²) in [7, 11) is 7.66. The molecule has 27 heavy (non-hydrogen) atoms. The molecule has 0 saturated carbocycles. The Hall–Kier alpha value is -1.26. The summed E-state index contributed by atoms with van der Waals surface area (Å²) in [5, 5.41) is 6.78. The first-order valence-corrected chi connectivity index (χ1v) is 9.08. The summed E-state index contributed by atoms with van der Waals surface area (Å²) in [5.41, 5.74) is 0.969. The number of ether oxygens (including phenoxy) is 3. The molecule has 1 aromatic carbocycles. The summed E-state index contributed by atoms with van der Waals surface area (Å²) in [6, 6.07) is 5.77. The van der Waals surface area contributed by atoms with Gasteiger partial charge in [0.1, 0.15) is 0 Å². The lowest BCUT2D eigenvalue weighted by Crippen LogP contribution is -2.56. The van der Waals surface area contributed by atoms with Crippen molar-refractivity contribution >= 4 is 35.6 Å². The van der Waals surface area contributed by atoms with Crippen LogP contribution in [0, 0.1) is 0 Å². The van der Waals surface area contributed by atoms with Crippen molar-refractivity contribution in [2.75, 3.05) is 59.9 Å². The maximum absolute atomic E-state index is 5.56. The van der Waals surface area contributed by atoms with Crippen molar-refractivity contribution in [1.29, 1.82) is 0 Å². The highest BCUT2D eigenvalue weighted by molar-refractivity contribution is 14.0. The predicted molar refractivity (Wildman–Crippen MR) is 121 cm³/mol. The molecule has 2 N–H and O–H groups in total. The Bertz CT molecular complexity index is 605. The fourth-order valence-electron chi connectivity index (χ4n) is 3.12. The van der Waals surface area contributed by atoms with Gasteiger partial charge in [0.25, 0.3) is 0 Å². The van der Waals surface area contributed by atoms with Gasteiger partial charge in [0.05, 0.1) is 13.7 Å². The van der Waals surface area contributed by atoms with Gasteiger partial charge in [0.2, 0.25) is 0 Å². The van der Waals surface area contributed by atoms with Crippen LogP contribution in [0.4, 0.5) is 5.69 Å². The van der Waals surface area contributed by atoms with Crippen LogP contribution in [0.1, 0.15) is 19.8 Å². The molecular weight excluding hydrogens is 459 g/mol. The number of nitrogens with one attached hydrogen (secondary N) is 2. The van der Waals surface area contributed by atoms with Crippen LogP contribution < -0.4 is 20.1 Å². The number of rotatable bonds is 7. The third-order valence-corrected chi connectivity index (χ3v) is 4.91. The number of anilines is 1. The van der Waals surface area contributed by atoms with E-state index in [1.807, 2.05) is 25.1 Å². The molecule has 0 aromatic heterocycles. The van der Waals surface area contributed by atoms with Crippen LogP contribution in [0.25, 0.3) is 0 Å². The topological polar surface area (TPSA) is 67.4 Å². The maximum atomic E-state index is 5.56. The molecule has 2 rings (SSSR count). The first-order chi connectivity index (χ1) is 12.5. The monoisotopic (exact) mass is 492 g/mol. The van der Waals surface area contributed by atoms with E-state index in [4.69, 9.17) is 14.2 Å². The zero-order valence-corrected chi connectivity index (χ0v) is 19.3. The van der Waals surface area contributed by atoms with Crippen LogP contribution in [0.5, 0.6) is 11.5 Å². The minimum atomic E-state index is 0. The van der Waals surface area contributed by atoms with Gasteiger partial charge < -0.3 is 29.7 Å². The fourth-order valence-corrected chi connectivity index (χ4v) is 3.12. The first-order valence-electron chi connectivity index (χ1n) is 9.08. The van der Waals surface area contributed by atoms with Gasteiger partial charge in [0, 0.05) is 44.1 Å². The summed E-state index contributed by atoms with van der Waals surface area (Å²) in [6.07, 6.45) is 2.00. The lowest BCUT2D eigenvalue weighted by atomic mass is 9.88. The lowest BCUT2D eigenvalue weighted by molar-refractivity contribution is -0.00491. The van der Waals surface area contributed by atoms with Crippen molar-refractivity contribution in [2.24, 2.45) is 4.99 Å². The van der Waals surface area contributed by atoms with E-state index in [1.54, 1.807) is 14.2 Å². The number of nitrogens with zero attached hydrogens (tertiary/aromatic N) is 2. The van der Waals surface area contributed by atoms with Crippen molar-refractivity contribution in [1.82, 2.24) is 10.2 Å². The molecule has 0 unspecified atom stereocenters. The lowest BCUT2D eigenvalue weighted by Gasteiger charge is -2.43. The van der Waals surface area contributed by atoms with Gasteiger partial charge in [-0.3, -0.25) is 4.99 Å². The predicted octanol–water partition coefficient (Wildman–Crippen LogP) is 2.81. The van der Waals surface area contributed by atoms with Gasteiger partial charge >= 0.3 is 0 Å². The fraction of sp³-hybridized carbons (Fsp3) is 0.632. The van der Waals surface area contributed by atoms with E-state index in [0.717, 1.165) is 50.0 Å². The molecule has 1 aliphatic rings. The highest BCUT2D eigenvalue weighted by atomic mass is 127. The van der Waals surface area contributed by atoms with Crippen molar-refractivity contribution < 1.29 is 14.2 Å². The molecule has 154 valence electrons. The number of methoxy groups -OCH3 is 1. The first kappa shape index (κ1) is 23.8. The van der Waals surface area contributed by atoms with Gasteiger partial charge in [-0.25, -0.2) is 0 Å². The smallest absolute Gasteiger partial charge is 0.195 e. The van der Waals surface area contributed by atoms with Crippen LogP contribution >= 0.6 is 24.0 Å². The summed E-state index contributed by atoms with van der Waals surface area (Å²) in [4.78, 5) is 6.63. The molecule has 0 aliphatic carbocycles. The van der Waals surface area contributed by atoms with Crippen LogP contribution in [-0.4, -0.2) is 71.0 Å². The normalized spacial score (nSPS) is 16.4. The largest absolute Gasteiger partial charge is 0.493 e. The van der Waals surface area contributed by atoms with E-state index < -0.39 is 0 Å². The van der Waals surface area contributed by atoms with Crippen LogP contribution in [0.15, 0.2) is 23.2 Å². The molecule has 0 bridgehead atoms. The standard InChI is InChI=1S/C19H32N4O3.HI/c1-6-26-16-8-7-15(13-17(16)24-5)22-18(20-2)21-14-19(23(3)4)9-11-25-12-10-19;/h7-8,13H,6,9-12,14H2,1-5H3,(H2,20,21,22);1H. The van der Waals surface area contributed by atoms with Crippen LogP contribution in [0.3, 0.4) is 0 Å². The number of halogens is 1. The van der Waals surface area contributed by atoms with E-state index >= 15 is 0 Å². The number of hydrogen-bond donors (Lipinski definition) is 2. The van der Waals surface area contributed by atoms with Gasteiger partial charge in [-0.2, -0.15) is 0 Å². The van der Waals surface area contributed by atoms with E-state index in [9.17, 15) is 0 Å². The average molecular weight is 492 g/mol. The zero-order chi connectivity index (χ0) is 19.0. The van der Waals surface area contributed by atoms with Gasteiger partial charge in [0.15, 0.2) is 17.5 Å². The summed E-state index contributed by atoms with van der Waals surface area (Å²) in [6.45, 7) is 4.94. The quantitative estimate of drug-likeness (QED) is 0.347. The third kappa shape index (κ3) is 6.39. The molecule has 0 radical (unpaired) electrons. The molecule has 0 amide bonds. The molecule has 0 spiro atoms. The Labute approximate surface area is 179 Å². The molecule has 7 nitrogen and oxygen atoms in total. The van der Waals surface area contributed by atoms with Gasteiger partial charge in [-0.05, 0) is 46.0 Å². The highest BCUT2D eigenvalue weighted by Crippen LogP contribution is 2.30. The molecular formula is C19H33IN4O3. The number of hydrogen-bond acceptors (Lipinski definition) is 5. The van der Waals surface area contributed by atoms with E-state index in [-0.39, 0.29) is 29.5 Å². The highest BCUT2D eigenvalue weighted by Gasteiger charge is 2.34. The second kappa shape index (κ2) is 11.6. The van der Waals surface area contributed by atoms with Crippen molar-refractivity contribution in [2.45, 2.75) is 25.3 Å². The molecule has 1 aliphatic heterocycles. The van der Waals surface area contributed by atoms with E-state index in [1.165, 1.54) is 0 Å². The SMILES string of the molecule is CCOc1ccc(NC(=NC)NCC2(N(C)C)CCOCC2)cc1OC.I. The average Bonchev–Trinajstić information content (AvgIpc) is 2.66. The molecule has 1 fully saturated rings. The number of aliphatic imine (C=N–C) groups is 1. The minimum Gasteiger partial charge on any atom is -0.493 e. The Morgan fingerprint density at radius 2 is 1.96 bits per heavy atom. The Balaban J connectivity index is 0.00000364. The number of likely N-dealkylation sites (N-methyl/N-ethyl adjacent to an activating group) is 1. The molecule has 1 heterocycles. The summed E-state index contributed by atoms with van der Waals surface area (Å²) in [5.74, 6) is 2.16. The van der Waals surface area contributed by atoms with E-state index in [0.29, 0.717) is 12.4 Å². The minimum absolute atomic E-state index is 0. The zero-order valence-electron chi connectivity index (χ0n) is 17.0.